The Morgan fingerprint density at radius 3 is 2.69 bits per heavy atom. The molecule has 1 aromatic heterocycles. The molecule has 0 N–H and O–H groups in total. The zero-order valence-electron chi connectivity index (χ0n) is 10.2. The molecule has 90 valence electrons. The van der Waals surface area contributed by atoms with Gasteiger partial charge >= 0.3 is 5.97 Å². The van der Waals surface area contributed by atoms with Gasteiger partial charge < -0.3 is 13.9 Å². The lowest BCUT2D eigenvalue weighted by Gasteiger charge is -2.12. The van der Waals surface area contributed by atoms with Gasteiger partial charge in [0.15, 0.2) is 0 Å². The molecule has 0 radical (unpaired) electrons. The summed E-state index contributed by atoms with van der Waals surface area (Å²) in [5.41, 5.74) is 0.487. The summed E-state index contributed by atoms with van der Waals surface area (Å²) in [4.78, 5) is 11.7. The maximum absolute atomic E-state index is 11.7. The summed E-state index contributed by atoms with van der Waals surface area (Å²) in [6.07, 6.45) is -0.248. The van der Waals surface area contributed by atoms with Crippen LogP contribution in [0.3, 0.4) is 0 Å². The first kappa shape index (κ1) is 12.8. The third-order valence-electron chi connectivity index (χ3n) is 2.13. The van der Waals surface area contributed by atoms with E-state index in [0.717, 1.165) is 0 Å². The molecule has 0 fully saturated rings. The number of carbonyl (C=O) groups excluding carboxylic acids is 1. The summed E-state index contributed by atoms with van der Waals surface area (Å²) < 4.78 is 15.6. The van der Waals surface area contributed by atoms with Crippen molar-refractivity contribution >= 4 is 5.97 Å². The van der Waals surface area contributed by atoms with Crippen LogP contribution in [-0.2, 0) is 9.47 Å². The van der Waals surface area contributed by atoms with E-state index in [1.807, 2.05) is 6.92 Å². The highest BCUT2D eigenvalue weighted by Crippen LogP contribution is 2.15. The maximum atomic E-state index is 11.7. The number of rotatable bonds is 5. The molecule has 4 nitrogen and oxygen atoms in total. The van der Waals surface area contributed by atoms with Gasteiger partial charge in [-0.2, -0.15) is 0 Å². The van der Waals surface area contributed by atoms with Crippen LogP contribution in [-0.4, -0.2) is 25.3 Å². The SMILES string of the molecule is CCOC[C@@H](C)OC(=O)c1cc(C)oc1C. The summed E-state index contributed by atoms with van der Waals surface area (Å²) in [6.45, 7) is 8.28. The van der Waals surface area contributed by atoms with Crippen LogP contribution in [0.2, 0.25) is 0 Å². The fourth-order valence-corrected chi connectivity index (χ4v) is 1.40. The Morgan fingerprint density at radius 1 is 1.50 bits per heavy atom. The third-order valence-corrected chi connectivity index (χ3v) is 2.13. The van der Waals surface area contributed by atoms with E-state index in [0.29, 0.717) is 30.3 Å². The van der Waals surface area contributed by atoms with Gasteiger partial charge in [-0.3, -0.25) is 0 Å². The molecule has 4 heteroatoms. The minimum absolute atomic E-state index is 0.248. The van der Waals surface area contributed by atoms with Gasteiger partial charge in [-0.05, 0) is 33.8 Å². The maximum Gasteiger partial charge on any atom is 0.342 e. The zero-order valence-corrected chi connectivity index (χ0v) is 10.2. The Labute approximate surface area is 95.5 Å². The van der Waals surface area contributed by atoms with Gasteiger partial charge in [-0.1, -0.05) is 0 Å². The average molecular weight is 226 g/mol. The molecule has 0 saturated heterocycles. The lowest BCUT2D eigenvalue weighted by molar-refractivity contribution is 0.00425. The molecule has 0 aliphatic rings. The average Bonchev–Trinajstić information content (AvgIpc) is 2.54. The Bertz CT molecular complexity index is 354. The Balaban J connectivity index is 2.55. The second kappa shape index (κ2) is 5.70. The number of ether oxygens (including phenoxy) is 2. The Morgan fingerprint density at radius 2 is 2.19 bits per heavy atom. The molecule has 0 aliphatic carbocycles. The van der Waals surface area contributed by atoms with Crippen LogP contribution in [0, 0.1) is 13.8 Å². The topological polar surface area (TPSA) is 48.7 Å². The molecule has 16 heavy (non-hydrogen) atoms. The quantitative estimate of drug-likeness (QED) is 0.724. The minimum atomic E-state index is -0.360. The molecular weight excluding hydrogens is 208 g/mol. The van der Waals surface area contributed by atoms with Crippen molar-refractivity contribution in [1.29, 1.82) is 0 Å². The van der Waals surface area contributed by atoms with Crippen molar-refractivity contribution in [3.8, 4) is 0 Å². The molecule has 0 spiro atoms. The van der Waals surface area contributed by atoms with Crippen LogP contribution < -0.4 is 0 Å². The minimum Gasteiger partial charge on any atom is -0.466 e. The van der Waals surface area contributed by atoms with E-state index >= 15 is 0 Å². The second-order valence-corrected chi connectivity index (χ2v) is 3.70. The van der Waals surface area contributed by atoms with Gasteiger partial charge in [0.2, 0.25) is 0 Å². The van der Waals surface area contributed by atoms with Crippen molar-refractivity contribution < 1.29 is 18.7 Å². The lowest BCUT2D eigenvalue weighted by Crippen LogP contribution is -2.20. The van der Waals surface area contributed by atoms with E-state index in [1.165, 1.54) is 0 Å². The number of esters is 1. The summed E-state index contributed by atoms with van der Waals surface area (Å²) in [5.74, 6) is 0.939. The lowest BCUT2D eigenvalue weighted by atomic mass is 10.2. The largest absolute Gasteiger partial charge is 0.466 e. The molecule has 1 rings (SSSR count). The highest BCUT2D eigenvalue weighted by atomic mass is 16.6. The fourth-order valence-electron chi connectivity index (χ4n) is 1.40. The smallest absolute Gasteiger partial charge is 0.342 e. The standard InChI is InChI=1S/C12H18O4/c1-5-14-7-9(3)16-12(13)11-6-8(2)15-10(11)4/h6,9H,5,7H2,1-4H3/t9-/m1/s1. The number of hydrogen-bond acceptors (Lipinski definition) is 4. The van der Waals surface area contributed by atoms with E-state index in [-0.39, 0.29) is 12.1 Å². The highest BCUT2D eigenvalue weighted by Gasteiger charge is 2.17. The predicted molar refractivity (Wildman–Crippen MR) is 59.6 cm³/mol. The molecule has 1 heterocycles. The molecular formula is C12H18O4. The number of carbonyl (C=O) groups is 1. The molecule has 1 atom stereocenters. The summed E-state index contributed by atoms with van der Waals surface area (Å²) >= 11 is 0. The van der Waals surface area contributed by atoms with Gasteiger partial charge in [0.25, 0.3) is 0 Å². The molecule has 0 amide bonds. The number of aryl methyl sites for hydroxylation is 2. The Kier molecular flexibility index (Phi) is 4.55. The van der Waals surface area contributed by atoms with E-state index in [2.05, 4.69) is 0 Å². The van der Waals surface area contributed by atoms with E-state index in [4.69, 9.17) is 13.9 Å². The molecule has 0 bridgehead atoms. The normalized spacial score (nSPS) is 12.5. The van der Waals surface area contributed by atoms with Crippen LogP contribution in [0.25, 0.3) is 0 Å². The molecule has 1 aromatic rings. The summed E-state index contributed by atoms with van der Waals surface area (Å²) in [5, 5.41) is 0. The van der Waals surface area contributed by atoms with Crippen LogP contribution >= 0.6 is 0 Å². The third kappa shape index (κ3) is 3.38. The molecule has 0 saturated carbocycles. The van der Waals surface area contributed by atoms with Crippen LogP contribution in [0.1, 0.15) is 35.7 Å². The van der Waals surface area contributed by atoms with E-state index in [1.54, 1.807) is 26.8 Å². The number of hydrogen-bond donors (Lipinski definition) is 0. The summed E-state index contributed by atoms with van der Waals surface area (Å²) in [6, 6.07) is 1.69. The van der Waals surface area contributed by atoms with Crippen LogP contribution in [0.4, 0.5) is 0 Å². The van der Waals surface area contributed by atoms with Crippen molar-refractivity contribution in [3.05, 3.63) is 23.2 Å². The molecule has 0 aromatic carbocycles. The predicted octanol–water partition coefficient (Wildman–Crippen LogP) is 2.48. The first-order valence-electron chi connectivity index (χ1n) is 5.40. The zero-order chi connectivity index (χ0) is 12.1. The summed E-state index contributed by atoms with van der Waals surface area (Å²) in [7, 11) is 0. The van der Waals surface area contributed by atoms with Gasteiger partial charge in [0.05, 0.1) is 6.61 Å². The second-order valence-electron chi connectivity index (χ2n) is 3.70. The van der Waals surface area contributed by atoms with E-state index < -0.39 is 0 Å². The fraction of sp³-hybridized carbons (Fsp3) is 0.583. The van der Waals surface area contributed by atoms with Crippen molar-refractivity contribution in [2.75, 3.05) is 13.2 Å². The Hall–Kier alpha value is -1.29. The van der Waals surface area contributed by atoms with Gasteiger partial charge in [-0.15, -0.1) is 0 Å². The van der Waals surface area contributed by atoms with Crippen LogP contribution in [0.5, 0.6) is 0 Å². The van der Waals surface area contributed by atoms with Crippen molar-refractivity contribution in [1.82, 2.24) is 0 Å². The monoisotopic (exact) mass is 226 g/mol. The number of furan rings is 1. The van der Waals surface area contributed by atoms with Crippen molar-refractivity contribution in [3.63, 3.8) is 0 Å². The highest BCUT2D eigenvalue weighted by molar-refractivity contribution is 5.90. The van der Waals surface area contributed by atoms with Crippen LogP contribution in [0.15, 0.2) is 10.5 Å². The first-order chi connectivity index (χ1) is 7.54. The van der Waals surface area contributed by atoms with Crippen molar-refractivity contribution in [2.45, 2.75) is 33.8 Å². The first-order valence-corrected chi connectivity index (χ1v) is 5.40. The van der Waals surface area contributed by atoms with Gasteiger partial charge in [0, 0.05) is 6.61 Å². The van der Waals surface area contributed by atoms with Crippen molar-refractivity contribution in [2.24, 2.45) is 0 Å². The van der Waals surface area contributed by atoms with Gasteiger partial charge in [0.1, 0.15) is 23.2 Å². The van der Waals surface area contributed by atoms with E-state index in [9.17, 15) is 4.79 Å². The van der Waals surface area contributed by atoms with Gasteiger partial charge in [-0.25, -0.2) is 4.79 Å². The molecule has 0 unspecified atom stereocenters. The molecule has 0 aliphatic heterocycles.